The van der Waals surface area contributed by atoms with E-state index in [1.54, 1.807) is 4.90 Å². The van der Waals surface area contributed by atoms with Crippen LogP contribution in [0.25, 0.3) is 0 Å². The summed E-state index contributed by atoms with van der Waals surface area (Å²) in [5.74, 6) is 0.206. The highest BCUT2D eigenvalue weighted by molar-refractivity contribution is 7.89. The summed E-state index contributed by atoms with van der Waals surface area (Å²) in [5.41, 5.74) is 0. The molecule has 2 aliphatic rings. The quantitative estimate of drug-likeness (QED) is 0.765. The van der Waals surface area contributed by atoms with Crippen molar-refractivity contribution in [2.45, 2.75) is 36.6 Å². The Bertz CT molecular complexity index is 773. The van der Waals surface area contributed by atoms with Gasteiger partial charge >= 0.3 is 0 Å². The lowest BCUT2D eigenvalue weighted by molar-refractivity contribution is -0.134. The second-order valence-electron chi connectivity index (χ2n) is 7.17. The number of benzene rings is 1. The predicted molar refractivity (Wildman–Crippen MR) is 104 cm³/mol. The molecule has 0 atom stereocenters. The summed E-state index contributed by atoms with van der Waals surface area (Å²) in [5, 5.41) is 0.176. The third-order valence-electron chi connectivity index (χ3n) is 5.10. The van der Waals surface area contributed by atoms with E-state index in [0.717, 1.165) is 38.8 Å². The Hall–Kier alpha value is -1.35. The van der Waals surface area contributed by atoms with Gasteiger partial charge in [-0.3, -0.25) is 4.79 Å². The first-order valence-corrected chi connectivity index (χ1v) is 11.1. The Labute approximate surface area is 165 Å². The van der Waals surface area contributed by atoms with Crippen LogP contribution in [0.1, 0.15) is 25.7 Å². The van der Waals surface area contributed by atoms with Crippen molar-refractivity contribution in [3.05, 3.63) is 23.2 Å². The van der Waals surface area contributed by atoms with Gasteiger partial charge in [-0.2, -0.15) is 0 Å². The SMILES string of the molecule is CN1CCN(C(=O)COc2ccc(S(=O)(=O)NC3CCCC3)cc2Cl)CC1. The van der Waals surface area contributed by atoms with E-state index in [4.69, 9.17) is 16.3 Å². The maximum atomic E-state index is 12.5. The number of hydrogen-bond acceptors (Lipinski definition) is 5. The van der Waals surface area contributed by atoms with Crippen molar-refractivity contribution in [2.75, 3.05) is 39.8 Å². The topological polar surface area (TPSA) is 79.0 Å². The van der Waals surface area contributed by atoms with E-state index in [1.807, 2.05) is 7.05 Å². The normalized spacial score (nSPS) is 19.4. The summed E-state index contributed by atoms with van der Waals surface area (Å²) in [4.78, 5) is 16.3. The number of nitrogens with one attached hydrogen (secondary N) is 1. The molecule has 2 fully saturated rings. The molecule has 1 saturated heterocycles. The molecular formula is C18H26ClN3O4S. The molecule has 7 nitrogen and oxygen atoms in total. The predicted octanol–water partition coefficient (Wildman–Crippen LogP) is 1.71. The van der Waals surface area contributed by atoms with Gasteiger partial charge in [0.05, 0.1) is 9.92 Å². The standard InChI is InChI=1S/C18H26ClN3O4S/c1-21-8-10-22(11-9-21)18(23)13-26-17-7-6-15(12-16(17)19)27(24,25)20-14-4-2-3-5-14/h6-7,12,14,20H,2-5,8-11,13H2,1H3. The van der Waals surface area contributed by atoms with Crippen LogP contribution in [0.3, 0.4) is 0 Å². The number of amides is 1. The zero-order chi connectivity index (χ0) is 19.4. The molecule has 150 valence electrons. The van der Waals surface area contributed by atoms with Gasteiger partial charge in [0.2, 0.25) is 10.0 Å². The highest BCUT2D eigenvalue weighted by Crippen LogP contribution is 2.28. The maximum Gasteiger partial charge on any atom is 0.260 e. The summed E-state index contributed by atoms with van der Waals surface area (Å²) in [6.07, 6.45) is 3.81. The zero-order valence-corrected chi connectivity index (χ0v) is 17.1. The Morgan fingerprint density at radius 2 is 1.89 bits per heavy atom. The molecule has 27 heavy (non-hydrogen) atoms. The van der Waals surface area contributed by atoms with Crippen LogP contribution in [0.4, 0.5) is 0 Å². The minimum atomic E-state index is -3.61. The van der Waals surface area contributed by atoms with Crippen molar-refractivity contribution in [1.29, 1.82) is 0 Å². The van der Waals surface area contributed by atoms with Crippen LogP contribution in [0.15, 0.2) is 23.1 Å². The molecule has 0 spiro atoms. The largest absolute Gasteiger partial charge is 0.482 e. The van der Waals surface area contributed by atoms with E-state index in [-0.39, 0.29) is 28.5 Å². The molecule has 3 rings (SSSR count). The number of sulfonamides is 1. The van der Waals surface area contributed by atoms with E-state index in [2.05, 4.69) is 9.62 Å². The van der Waals surface area contributed by atoms with E-state index in [1.165, 1.54) is 18.2 Å². The van der Waals surface area contributed by atoms with Gasteiger partial charge in [-0.1, -0.05) is 24.4 Å². The summed E-state index contributed by atoms with van der Waals surface area (Å²) in [7, 11) is -1.58. The van der Waals surface area contributed by atoms with Crippen LogP contribution >= 0.6 is 11.6 Å². The van der Waals surface area contributed by atoms with Crippen molar-refractivity contribution >= 4 is 27.5 Å². The van der Waals surface area contributed by atoms with Crippen LogP contribution in [-0.2, 0) is 14.8 Å². The van der Waals surface area contributed by atoms with E-state index in [0.29, 0.717) is 18.8 Å². The highest BCUT2D eigenvalue weighted by Gasteiger charge is 2.24. The fraction of sp³-hybridized carbons (Fsp3) is 0.611. The Kier molecular flexibility index (Phi) is 6.62. The molecular weight excluding hydrogens is 390 g/mol. The number of halogens is 1. The van der Waals surface area contributed by atoms with Gasteiger partial charge < -0.3 is 14.5 Å². The molecule has 1 aromatic carbocycles. The molecule has 1 N–H and O–H groups in total. The minimum Gasteiger partial charge on any atom is -0.482 e. The molecule has 0 radical (unpaired) electrons. The summed E-state index contributed by atoms with van der Waals surface area (Å²) in [6, 6.07) is 4.32. The first-order valence-electron chi connectivity index (χ1n) is 9.26. The van der Waals surface area contributed by atoms with Gasteiger partial charge in [0.25, 0.3) is 5.91 Å². The van der Waals surface area contributed by atoms with Crippen LogP contribution in [0, 0.1) is 0 Å². The molecule has 1 aliphatic heterocycles. The van der Waals surface area contributed by atoms with E-state index < -0.39 is 10.0 Å². The van der Waals surface area contributed by atoms with Crippen LogP contribution in [-0.4, -0.2) is 70.0 Å². The van der Waals surface area contributed by atoms with Gasteiger partial charge in [-0.05, 0) is 38.1 Å². The fourth-order valence-electron chi connectivity index (χ4n) is 3.38. The maximum absolute atomic E-state index is 12.5. The van der Waals surface area contributed by atoms with Crippen molar-refractivity contribution in [3.63, 3.8) is 0 Å². The Morgan fingerprint density at radius 1 is 1.22 bits per heavy atom. The van der Waals surface area contributed by atoms with E-state index in [9.17, 15) is 13.2 Å². The number of carbonyl (C=O) groups is 1. The molecule has 0 bridgehead atoms. The Morgan fingerprint density at radius 3 is 2.52 bits per heavy atom. The number of likely N-dealkylation sites (N-methyl/N-ethyl adjacent to an activating group) is 1. The highest BCUT2D eigenvalue weighted by atomic mass is 35.5. The molecule has 1 aromatic rings. The second kappa shape index (κ2) is 8.77. The first-order chi connectivity index (χ1) is 12.8. The minimum absolute atomic E-state index is 0.00842. The second-order valence-corrected chi connectivity index (χ2v) is 9.29. The number of nitrogens with zero attached hydrogens (tertiary/aromatic N) is 2. The summed E-state index contributed by atoms with van der Waals surface area (Å²) < 4.78 is 33.2. The zero-order valence-electron chi connectivity index (χ0n) is 15.5. The third kappa shape index (κ3) is 5.34. The van der Waals surface area contributed by atoms with E-state index >= 15 is 0 Å². The lowest BCUT2D eigenvalue weighted by Gasteiger charge is -2.32. The molecule has 1 heterocycles. The van der Waals surface area contributed by atoms with Crippen molar-refractivity contribution in [3.8, 4) is 5.75 Å². The number of hydrogen-bond donors (Lipinski definition) is 1. The summed E-state index contributed by atoms with van der Waals surface area (Å²) in [6.45, 7) is 2.92. The van der Waals surface area contributed by atoms with Crippen molar-refractivity contribution in [1.82, 2.24) is 14.5 Å². The van der Waals surface area contributed by atoms with Crippen LogP contribution in [0.2, 0.25) is 5.02 Å². The molecule has 1 aliphatic carbocycles. The average molecular weight is 416 g/mol. The molecule has 0 aromatic heterocycles. The lowest BCUT2D eigenvalue weighted by atomic mass is 10.3. The Balaban J connectivity index is 1.58. The molecule has 1 saturated carbocycles. The number of carbonyl (C=O) groups excluding carboxylic acids is 1. The molecule has 0 unspecified atom stereocenters. The van der Waals surface area contributed by atoms with Crippen molar-refractivity contribution in [2.24, 2.45) is 0 Å². The van der Waals surface area contributed by atoms with Crippen LogP contribution in [0.5, 0.6) is 5.75 Å². The van der Waals surface area contributed by atoms with Gasteiger partial charge in [0.1, 0.15) is 5.75 Å². The van der Waals surface area contributed by atoms with Gasteiger partial charge in [0, 0.05) is 32.2 Å². The monoisotopic (exact) mass is 415 g/mol. The van der Waals surface area contributed by atoms with Gasteiger partial charge in [0.15, 0.2) is 6.61 Å². The smallest absolute Gasteiger partial charge is 0.260 e. The summed E-state index contributed by atoms with van der Waals surface area (Å²) >= 11 is 6.19. The third-order valence-corrected chi connectivity index (χ3v) is 6.91. The number of ether oxygens (including phenoxy) is 1. The first kappa shape index (κ1) is 20.4. The fourth-order valence-corrected chi connectivity index (χ4v) is 5.01. The van der Waals surface area contributed by atoms with Crippen LogP contribution < -0.4 is 9.46 Å². The van der Waals surface area contributed by atoms with Gasteiger partial charge in [-0.15, -0.1) is 0 Å². The van der Waals surface area contributed by atoms with Crippen molar-refractivity contribution < 1.29 is 17.9 Å². The average Bonchev–Trinajstić information content (AvgIpc) is 3.13. The molecule has 1 amide bonds. The number of rotatable bonds is 6. The van der Waals surface area contributed by atoms with Gasteiger partial charge in [-0.25, -0.2) is 13.1 Å². The number of piperazine rings is 1. The molecule has 9 heteroatoms. The lowest BCUT2D eigenvalue weighted by Crippen LogP contribution is -2.48.